The maximum Gasteiger partial charge on any atom is 0.406 e. The molecule has 1 N–H and O–H groups in total. The number of hydrogen-bond donors (Lipinski definition) is 1. The Balaban J connectivity index is 1.99. The molecule has 2 amide bonds. The van der Waals surface area contributed by atoms with Gasteiger partial charge >= 0.3 is 12.1 Å². The number of alkyl halides is 3. The maximum absolute atomic E-state index is 12.8. The van der Waals surface area contributed by atoms with Crippen LogP contribution in [0.15, 0.2) is 24.3 Å². The Morgan fingerprint density at radius 1 is 1.30 bits per heavy atom. The largest absolute Gasteiger partial charge is 0.452 e. The van der Waals surface area contributed by atoms with Crippen LogP contribution in [0.2, 0.25) is 0 Å². The highest BCUT2D eigenvalue weighted by Crippen LogP contribution is 2.36. The third kappa shape index (κ3) is 6.58. The van der Waals surface area contributed by atoms with Gasteiger partial charge in [0.25, 0.3) is 5.91 Å². The minimum atomic E-state index is -4.53. The fourth-order valence-corrected chi connectivity index (χ4v) is 2.71. The number of ether oxygens (including phenoxy) is 1. The summed E-state index contributed by atoms with van der Waals surface area (Å²) in [4.78, 5) is 36.1. The summed E-state index contributed by atoms with van der Waals surface area (Å²) in [5, 5.41) is 2.50. The third-order valence-corrected chi connectivity index (χ3v) is 4.21. The van der Waals surface area contributed by atoms with E-state index in [4.69, 9.17) is 4.74 Å². The van der Waals surface area contributed by atoms with Gasteiger partial charge in [-0.3, -0.25) is 9.59 Å². The van der Waals surface area contributed by atoms with Gasteiger partial charge < -0.3 is 15.0 Å². The Kier molecular flexibility index (Phi) is 6.45. The van der Waals surface area contributed by atoms with Crippen molar-refractivity contribution in [2.45, 2.75) is 38.9 Å². The van der Waals surface area contributed by atoms with Crippen molar-refractivity contribution >= 4 is 23.5 Å². The van der Waals surface area contributed by atoms with Gasteiger partial charge in [0.15, 0.2) is 6.61 Å². The first-order valence-corrected chi connectivity index (χ1v) is 8.48. The number of nitrogens with zero attached hydrogens (tertiary/aromatic N) is 1. The van der Waals surface area contributed by atoms with Gasteiger partial charge in [0.1, 0.15) is 6.54 Å². The van der Waals surface area contributed by atoms with E-state index in [1.165, 1.54) is 25.1 Å². The van der Waals surface area contributed by atoms with E-state index in [2.05, 4.69) is 5.32 Å². The number of esters is 1. The van der Waals surface area contributed by atoms with Crippen LogP contribution in [-0.2, 0) is 14.3 Å². The van der Waals surface area contributed by atoms with Crippen molar-refractivity contribution < 1.29 is 32.3 Å². The molecule has 6 nitrogen and oxygen atoms in total. The van der Waals surface area contributed by atoms with E-state index in [0.29, 0.717) is 5.69 Å². The predicted molar refractivity (Wildman–Crippen MR) is 91.0 cm³/mol. The van der Waals surface area contributed by atoms with Crippen LogP contribution in [0.5, 0.6) is 0 Å². The zero-order valence-electron chi connectivity index (χ0n) is 15.0. The molecule has 1 fully saturated rings. The average molecular weight is 386 g/mol. The first kappa shape index (κ1) is 20.7. The molecule has 27 heavy (non-hydrogen) atoms. The van der Waals surface area contributed by atoms with Gasteiger partial charge in [-0.25, -0.2) is 4.79 Å². The number of hydrogen-bond acceptors (Lipinski definition) is 4. The molecule has 1 aliphatic carbocycles. The monoisotopic (exact) mass is 386 g/mol. The highest BCUT2D eigenvalue weighted by molar-refractivity contribution is 5.94. The van der Waals surface area contributed by atoms with E-state index in [1.807, 2.05) is 0 Å². The number of anilines is 1. The number of carbonyl (C=O) groups excluding carboxylic acids is 3. The minimum Gasteiger partial charge on any atom is -0.452 e. The summed E-state index contributed by atoms with van der Waals surface area (Å²) in [5.41, 5.74) is 0.441. The zero-order valence-corrected chi connectivity index (χ0v) is 15.0. The lowest BCUT2D eigenvalue weighted by Crippen LogP contribution is -2.47. The molecule has 0 aliphatic heterocycles. The average Bonchev–Trinajstić information content (AvgIpc) is 3.40. The van der Waals surface area contributed by atoms with Gasteiger partial charge in [-0.05, 0) is 43.9 Å². The van der Waals surface area contributed by atoms with E-state index in [0.717, 1.165) is 17.7 Å². The van der Waals surface area contributed by atoms with Gasteiger partial charge in [-0.2, -0.15) is 13.2 Å². The van der Waals surface area contributed by atoms with Crippen molar-refractivity contribution in [2.24, 2.45) is 5.92 Å². The first-order chi connectivity index (χ1) is 12.6. The molecule has 0 spiro atoms. The van der Waals surface area contributed by atoms with Gasteiger partial charge in [0.2, 0.25) is 5.91 Å². The summed E-state index contributed by atoms with van der Waals surface area (Å²) < 4.78 is 43.2. The highest BCUT2D eigenvalue weighted by atomic mass is 19.4. The molecular weight excluding hydrogens is 365 g/mol. The van der Waals surface area contributed by atoms with E-state index in [9.17, 15) is 27.6 Å². The van der Waals surface area contributed by atoms with Crippen LogP contribution in [0.4, 0.5) is 18.9 Å². The van der Waals surface area contributed by atoms with Crippen LogP contribution in [-0.4, -0.2) is 48.1 Å². The maximum atomic E-state index is 12.8. The zero-order chi connectivity index (χ0) is 20.2. The Bertz CT molecular complexity index is 717. The molecule has 1 aromatic rings. The molecule has 9 heteroatoms. The molecule has 0 heterocycles. The summed E-state index contributed by atoms with van der Waals surface area (Å²) in [5.74, 6) is -2.03. The van der Waals surface area contributed by atoms with Crippen molar-refractivity contribution in [3.05, 3.63) is 29.8 Å². The molecule has 0 radical (unpaired) electrons. The number of amides is 2. The lowest BCUT2D eigenvalue weighted by molar-refractivity contribution is -0.167. The summed E-state index contributed by atoms with van der Waals surface area (Å²) in [6.07, 6.45) is -2.98. The van der Waals surface area contributed by atoms with E-state index >= 15 is 0 Å². The lowest BCUT2D eigenvalue weighted by Gasteiger charge is -2.30. The molecule has 0 bridgehead atoms. The smallest absolute Gasteiger partial charge is 0.406 e. The summed E-state index contributed by atoms with van der Waals surface area (Å²) in [6, 6.07) is 5.27. The van der Waals surface area contributed by atoms with Crippen LogP contribution in [0.25, 0.3) is 0 Å². The standard InChI is InChI=1S/C18H21F3N2O4/c1-11(13-6-7-13)23(10-18(19,20)21)16(25)9-27-17(26)14-4-3-5-15(8-14)22-12(2)24/h3-5,8,11,13H,6-7,9-10H2,1-2H3,(H,22,24)/t11-/m1/s1. The second kappa shape index (κ2) is 8.41. The van der Waals surface area contributed by atoms with Crippen molar-refractivity contribution in [1.29, 1.82) is 0 Å². The summed E-state index contributed by atoms with van der Waals surface area (Å²) in [6.45, 7) is 0.718. The lowest BCUT2D eigenvalue weighted by atomic mass is 10.1. The molecule has 0 saturated heterocycles. The number of benzene rings is 1. The SMILES string of the molecule is CC(=O)Nc1cccc(C(=O)OCC(=O)N(CC(F)(F)F)[C@H](C)C2CC2)c1. The van der Waals surface area contributed by atoms with Gasteiger partial charge in [-0.15, -0.1) is 0 Å². The minimum absolute atomic E-state index is 0.0429. The topological polar surface area (TPSA) is 75.7 Å². The van der Waals surface area contributed by atoms with Crippen LogP contribution in [0.3, 0.4) is 0 Å². The fourth-order valence-electron chi connectivity index (χ4n) is 2.71. The Morgan fingerprint density at radius 2 is 1.96 bits per heavy atom. The van der Waals surface area contributed by atoms with Gasteiger partial charge in [0, 0.05) is 18.7 Å². The number of nitrogens with one attached hydrogen (secondary N) is 1. The number of halogens is 3. The Labute approximate surface area is 154 Å². The molecule has 1 saturated carbocycles. The first-order valence-electron chi connectivity index (χ1n) is 8.48. The van der Waals surface area contributed by atoms with Gasteiger partial charge in [0.05, 0.1) is 5.56 Å². The van der Waals surface area contributed by atoms with Crippen molar-refractivity contribution in [2.75, 3.05) is 18.5 Å². The van der Waals surface area contributed by atoms with Crippen LogP contribution in [0.1, 0.15) is 37.0 Å². The Hall–Kier alpha value is -2.58. The summed E-state index contributed by atoms with van der Waals surface area (Å²) >= 11 is 0. The second-order valence-electron chi connectivity index (χ2n) is 6.55. The molecule has 1 aromatic carbocycles. The predicted octanol–water partition coefficient (Wildman–Crippen LogP) is 2.99. The normalized spacial score (nSPS) is 15.0. The summed E-state index contributed by atoms with van der Waals surface area (Å²) in [7, 11) is 0. The second-order valence-corrected chi connectivity index (χ2v) is 6.55. The molecule has 0 aromatic heterocycles. The van der Waals surface area contributed by atoms with Crippen LogP contribution in [0, 0.1) is 5.92 Å². The molecule has 1 aliphatic rings. The van der Waals surface area contributed by atoms with E-state index < -0.39 is 37.2 Å². The van der Waals surface area contributed by atoms with Crippen LogP contribution < -0.4 is 5.32 Å². The van der Waals surface area contributed by atoms with Crippen LogP contribution >= 0.6 is 0 Å². The third-order valence-electron chi connectivity index (χ3n) is 4.21. The van der Waals surface area contributed by atoms with Crippen molar-refractivity contribution in [3.63, 3.8) is 0 Å². The fraction of sp³-hybridized carbons (Fsp3) is 0.500. The highest BCUT2D eigenvalue weighted by Gasteiger charge is 2.40. The molecular formula is C18H21F3N2O4. The number of carbonyl (C=O) groups is 3. The molecule has 148 valence electrons. The Morgan fingerprint density at radius 3 is 2.52 bits per heavy atom. The van der Waals surface area contributed by atoms with Crippen molar-refractivity contribution in [3.8, 4) is 0 Å². The van der Waals surface area contributed by atoms with E-state index in [1.54, 1.807) is 13.0 Å². The quantitative estimate of drug-likeness (QED) is 0.731. The van der Waals surface area contributed by atoms with E-state index in [-0.39, 0.29) is 17.4 Å². The molecule has 0 unspecified atom stereocenters. The van der Waals surface area contributed by atoms with Crippen molar-refractivity contribution in [1.82, 2.24) is 4.90 Å². The molecule has 1 atom stereocenters. The number of rotatable bonds is 7. The van der Waals surface area contributed by atoms with Gasteiger partial charge in [-0.1, -0.05) is 6.07 Å². The molecule has 2 rings (SSSR count).